The van der Waals surface area contributed by atoms with Gasteiger partial charge in [-0.15, -0.1) is 0 Å². The average Bonchev–Trinajstić information content (AvgIpc) is 2.84. The molecule has 2 aromatic carbocycles. The van der Waals surface area contributed by atoms with E-state index < -0.39 is 5.60 Å². The van der Waals surface area contributed by atoms with Gasteiger partial charge in [-0.2, -0.15) is 0 Å². The van der Waals surface area contributed by atoms with E-state index in [4.69, 9.17) is 23.7 Å². The molecule has 0 radical (unpaired) electrons. The fourth-order valence-electron chi connectivity index (χ4n) is 3.28. The Bertz CT molecular complexity index is 845. The van der Waals surface area contributed by atoms with Crippen molar-refractivity contribution in [3.63, 3.8) is 0 Å². The summed E-state index contributed by atoms with van der Waals surface area (Å²) in [6.45, 7) is 3.65. The lowest BCUT2D eigenvalue weighted by Gasteiger charge is -2.24. The van der Waals surface area contributed by atoms with Crippen molar-refractivity contribution in [2.45, 2.75) is 44.6 Å². The quantitative estimate of drug-likeness (QED) is 0.536. The monoisotopic (exact) mass is 454 g/mol. The number of fused-ring (bicyclic) bond motifs is 2. The van der Waals surface area contributed by atoms with Crippen molar-refractivity contribution >= 4 is 0 Å². The first kappa shape index (κ1) is 24.8. The van der Waals surface area contributed by atoms with Crippen LogP contribution in [0.25, 0.3) is 0 Å². The van der Waals surface area contributed by atoms with Crippen LogP contribution in [0, 0.1) is 11.8 Å². The molecule has 0 unspecified atom stereocenters. The molecule has 0 saturated carbocycles. The molecule has 0 atom stereocenters. The molecule has 1 N–H and O–H groups in total. The molecule has 1 aliphatic rings. The van der Waals surface area contributed by atoms with Gasteiger partial charge in [0.05, 0.1) is 13.2 Å². The Balaban J connectivity index is 1.77. The standard InChI is InChI=1S/C27H34O6/c1-2-3-4-5-6-11-16-27(28)21-32-25-14-9-7-12-23(25)30-19-17-29-18-20-31-24-13-8-10-15-26(24)33-22-27/h7-10,12-15,28H,2-6,17-22H2,1H3. The summed E-state index contributed by atoms with van der Waals surface area (Å²) in [6.07, 6.45) is 5.23. The number of unbranched alkanes of at least 4 members (excludes halogenated alkanes) is 4. The molecule has 1 heterocycles. The minimum Gasteiger partial charge on any atom is -0.487 e. The van der Waals surface area contributed by atoms with Crippen LogP contribution in [0.4, 0.5) is 0 Å². The van der Waals surface area contributed by atoms with E-state index in [9.17, 15) is 5.11 Å². The van der Waals surface area contributed by atoms with Gasteiger partial charge in [0.2, 0.25) is 0 Å². The van der Waals surface area contributed by atoms with Crippen LogP contribution in [-0.4, -0.2) is 50.3 Å². The minimum atomic E-state index is -1.49. The van der Waals surface area contributed by atoms with Crippen LogP contribution in [0.5, 0.6) is 23.0 Å². The van der Waals surface area contributed by atoms with E-state index in [1.165, 1.54) is 12.8 Å². The molecule has 6 heteroatoms. The Morgan fingerprint density at radius 2 is 1.24 bits per heavy atom. The van der Waals surface area contributed by atoms with Crippen molar-refractivity contribution < 1.29 is 28.8 Å². The van der Waals surface area contributed by atoms with Gasteiger partial charge in [0.25, 0.3) is 0 Å². The maximum absolute atomic E-state index is 11.3. The predicted octanol–water partition coefficient (Wildman–Crippen LogP) is 4.64. The van der Waals surface area contributed by atoms with Crippen LogP contribution < -0.4 is 18.9 Å². The summed E-state index contributed by atoms with van der Waals surface area (Å²) in [4.78, 5) is 0. The van der Waals surface area contributed by atoms with Gasteiger partial charge in [0.15, 0.2) is 28.6 Å². The molecule has 0 aromatic heterocycles. The molecule has 0 amide bonds. The summed E-state index contributed by atoms with van der Waals surface area (Å²) >= 11 is 0. The van der Waals surface area contributed by atoms with E-state index in [1.54, 1.807) is 0 Å². The molecule has 0 saturated heterocycles. The van der Waals surface area contributed by atoms with Gasteiger partial charge in [0.1, 0.15) is 26.4 Å². The number of hydrogen-bond donors (Lipinski definition) is 1. The molecular formula is C27H34O6. The highest BCUT2D eigenvalue weighted by Crippen LogP contribution is 2.29. The summed E-state index contributed by atoms with van der Waals surface area (Å²) in [5.41, 5.74) is -1.49. The second-order valence-corrected chi connectivity index (χ2v) is 7.92. The SMILES string of the molecule is CCCCCCC#CC1(O)COc2ccccc2OCCOCCOc2ccccc2OC1. The van der Waals surface area contributed by atoms with Gasteiger partial charge in [0, 0.05) is 6.42 Å². The van der Waals surface area contributed by atoms with Crippen LogP contribution in [0.3, 0.4) is 0 Å². The van der Waals surface area contributed by atoms with E-state index in [0.717, 1.165) is 19.3 Å². The van der Waals surface area contributed by atoms with E-state index in [2.05, 4.69) is 18.8 Å². The molecule has 3 rings (SSSR count). The zero-order chi connectivity index (χ0) is 23.2. The first-order chi connectivity index (χ1) is 16.2. The lowest BCUT2D eigenvalue weighted by molar-refractivity contribution is 0.00393. The molecule has 33 heavy (non-hydrogen) atoms. The normalized spacial score (nSPS) is 16.3. The Kier molecular flexibility index (Phi) is 10.2. The van der Waals surface area contributed by atoms with Crippen LogP contribution in [0.2, 0.25) is 0 Å². The molecule has 6 nitrogen and oxygen atoms in total. The summed E-state index contributed by atoms with van der Waals surface area (Å²) in [6, 6.07) is 14.7. The van der Waals surface area contributed by atoms with Gasteiger partial charge in [-0.05, 0) is 30.7 Å². The first-order valence-corrected chi connectivity index (χ1v) is 11.7. The minimum absolute atomic E-state index is 0.0607. The van der Waals surface area contributed by atoms with Gasteiger partial charge < -0.3 is 28.8 Å². The Labute approximate surface area is 196 Å². The average molecular weight is 455 g/mol. The van der Waals surface area contributed by atoms with E-state index >= 15 is 0 Å². The summed E-state index contributed by atoms with van der Waals surface area (Å²) in [5, 5.41) is 11.3. The van der Waals surface area contributed by atoms with Crippen molar-refractivity contribution in [3.05, 3.63) is 48.5 Å². The zero-order valence-electron chi connectivity index (χ0n) is 19.4. The number of hydrogen-bond acceptors (Lipinski definition) is 6. The van der Waals surface area contributed by atoms with Gasteiger partial charge in [-0.3, -0.25) is 0 Å². The van der Waals surface area contributed by atoms with Crippen molar-refractivity contribution in [3.8, 4) is 34.8 Å². The summed E-state index contributed by atoms with van der Waals surface area (Å²) < 4.78 is 29.1. The second-order valence-electron chi connectivity index (χ2n) is 7.92. The Morgan fingerprint density at radius 3 is 1.76 bits per heavy atom. The third-order valence-electron chi connectivity index (χ3n) is 5.08. The van der Waals surface area contributed by atoms with Gasteiger partial charge in [-0.1, -0.05) is 62.3 Å². The van der Waals surface area contributed by atoms with Crippen molar-refractivity contribution in [2.75, 3.05) is 39.6 Å². The van der Waals surface area contributed by atoms with Crippen molar-refractivity contribution in [2.24, 2.45) is 0 Å². The predicted molar refractivity (Wildman–Crippen MR) is 127 cm³/mol. The number of para-hydroxylation sites is 4. The van der Waals surface area contributed by atoms with Crippen molar-refractivity contribution in [1.82, 2.24) is 0 Å². The molecular weight excluding hydrogens is 420 g/mol. The molecule has 0 bridgehead atoms. The Hall–Kier alpha value is -2.88. The molecule has 0 aliphatic carbocycles. The van der Waals surface area contributed by atoms with E-state index in [0.29, 0.717) is 49.4 Å². The van der Waals surface area contributed by atoms with E-state index in [1.807, 2.05) is 48.5 Å². The van der Waals surface area contributed by atoms with Crippen molar-refractivity contribution in [1.29, 1.82) is 0 Å². The maximum Gasteiger partial charge on any atom is 0.193 e. The molecule has 1 aliphatic heterocycles. The van der Waals surface area contributed by atoms with Crippen LogP contribution >= 0.6 is 0 Å². The third kappa shape index (κ3) is 8.53. The van der Waals surface area contributed by atoms with Gasteiger partial charge in [-0.25, -0.2) is 0 Å². The van der Waals surface area contributed by atoms with Crippen LogP contribution in [0.15, 0.2) is 48.5 Å². The summed E-state index contributed by atoms with van der Waals surface area (Å²) in [5.74, 6) is 8.36. The highest BCUT2D eigenvalue weighted by molar-refractivity contribution is 5.41. The molecule has 178 valence electrons. The van der Waals surface area contributed by atoms with Crippen LogP contribution in [-0.2, 0) is 4.74 Å². The number of aliphatic hydroxyl groups is 1. The summed E-state index contributed by atoms with van der Waals surface area (Å²) in [7, 11) is 0. The van der Waals surface area contributed by atoms with E-state index in [-0.39, 0.29) is 13.2 Å². The zero-order valence-corrected chi connectivity index (χ0v) is 19.4. The molecule has 0 fully saturated rings. The lowest BCUT2D eigenvalue weighted by Crippen LogP contribution is -2.41. The Morgan fingerprint density at radius 1 is 0.727 bits per heavy atom. The topological polar surface area (TPSA) is 66.4 Å². The molecule has 0 spiro atoms. The highest BCUT2D eigenvalue weighted by atomic mass is 16.6. The number of ether oxygens (including phenoxy) is 5. The second kappa shape index (κ2) is 13.6. The van der Waals surface area contributed by atoms with Crippen LogP contribution in [0.1, 0.15) is 39.0 Å². The molecule has 2 aromatic rings. The fraction of sp³-hybridized carbons (Fsp3) is 0.481. The highest BCUT2D eigenvalue weighted by Gasteiger charge is 2.28. The largest absolute Gasteiger partial charge is 0.487 e. The fourth-order valence-corrected chi connectivity index (χ4v) is 3.28. The first-order valence-electron chi connectivity index (χ1n) is 11.7. The lowest BCUT2D eigenvalue weighted by atomic mass is 10.1. The van der Waals surface area contributed by atoms with Gasteiger partial charge >= 0.3 is 0 Å². The number of benzene rings is 2. The number of rotatable bonds is 4. The maximum atomic E-state index is 11.3. The third-order valence-corrected chi connectivity index (χ3v) is 5.08. The smallest absolute Gasteiger partial charge is 0.193 e.